The van der Waals surface area contributed by atoms with Gasteiger partial charge in [0.1, 0.15) is 5.75 Å². The lowest BCUT2D eigenvalue weighted by Crippen LogP contribution is -2.13. The van der Waals surface area contributed by atoms with Gasteiger partial charge in [-0.1, -0.05) is 30.3 Å². The summed E-state index contributed by atoms with van der Waals surface area (Å²) in [6, 6.07) is 13.9. The molecule has 2 nitrogen and oxygen atoms in total. The van der Waals surface area contributed by atoms with Crippen molar-refractivity contribution in [3.05, 3.63) is 63.6 Å². The molecule has 0 saturated heterocycles. The maximum absolute atomic E-state index is 9.42. The fourth-order valence-electron chi connectivity index (χ4n) is 1.81. The zero-order valence-corrected chi connectivity index (χ0v) is 11.9. The Bertz CT molecular complexity index is 540. The summed E-state index contributed by atoms with van der Waals surface area (Å²) in [5, 5.41) is 12.8. The standard InChI is InChI=1S/C15H16BrNO/c1-11-4-2-3-5-13(11)10-17-9-12-6-7-15(18)14(16)8-12/h2-8,17-18H,9-10H2,1H3. The molecule has 0 unspecified atom stereocenters. The first kappa shape index (κ1) is 13.1. The molecule has 18 heavy (non-hydrogen) atoms. The molecule has 0 bridgehead atoms. The van der Waals surface area contributed by atoms with E-state index in [2.05, 4.69) is 52.4 Å². The molecule has 0 aromatic heterocycles. The highest BCUT2D eigenvalue weighted by Gasteiger charge is 2.00. The number of hydrogen-bond donors (Lipinski definition) is 2. The molecule has 0 aliphatic carbocycles. The number of phenolic OH excluding ortho intramolecular Hbond substituents is 1. The van der Waals surface area contributed by atoms with E-state index in [0.717, 1.165) is 23.1 Å². The molecule has 0 fully saturated rings. The van der Waals surface area contributed by atoms with Gasteiger partial charge in [-0.05, 0) is 51.7 Å². The van der Waals surface area contributed by atoms with E-state index in [1.807, 2.05) is 12.1 Å². The van der Waals surface area contributed by atoms with Crippen LogP contribution in [0.3, 0.4) is 0 Å². The van der Waals surface area contributed by atoms with Gasteiger partial charge in [-0.2, -0.15) is 0 Å². The molecule has 0 amide bonds. The van der Waals surface area contributed by atoms with Gasteiger partial charge in [0.05, 0.1) is 4.47 Å². The summed E-state index contributed by atoms with van der Waals surface area (Å²) in [5.74, 6) is 0.276. The van der Waals surface area contributed by atoms with Crippen LogP contribution in [0.2, 0.25) is 0 Å². The van der Waals surface area contributed by atoms with Crippen LogP contribution in [-0.2, 0) is 13.1 Å². The van der Waals surface area contributed by atoms with Gasteiger partial charge >= 0.3 is 0 Å². The second kappa shape index (κ2) is 6.03. The lowest BCUT2D eigenvalue weighted by Gasteiger charge is -2.08. The van der Waals surface area contributed by atoms with Gasteiger partial charge in [0.25, 0.3) is 0 Å². The summed E-state index contributed by atoms with van der Waals surface area (Å²) in [5.41, 5.74) is 3.76. The number of nitrogens with one attached hydrogen (secondary N) is 1. The van der Waals surface area contributed by atoms with Crippen LogP contribution in [0.25, 0.3) is 0 Å². The third-order valence-electron chi connectivity index (χ3n) is 2.92. The number of phenols is 1. The second-order valence-electron chi connectivity index (χ2n) is 4.32. The molecule has 0 atom stereocenters. The minimum absolute atomic E-state index is 0.276. The zero-order valence-electron chi connectivity index (χ0n) is 10.3. The fraction of sp³-hybridized carbons (Fsp3) is 0.200. The predicted octanol–water partition coefficient (Wildman–Crippen LogP) is 3.75. The molecule has 0 radical (unpaired) electrons. The summed E-state index contributed by atoms with van der Waals surface area (Å²) in [6.07, 6.45) is 0. The van der Waals surface area contributed by atoms with E-state index in [-0.39, 0.29) is 5.75 Å². The minimum atomic E-state index is 0.276. The average Bonchev–Trinajstić information content (AvgIpc) is 2.36. The van der Waals surface area contributed by atoms with E-state index >= 15 is 0 Å². The van der Waals surface area contributed by atoms with Crippen molar-refractivity contribution in [1.29, 1.82) is 0 Å². The van der Waals surface area contributed by atoms with E-state index in [4.69, 9.17) is 0 Å². The van der Waals surface area contributed by atoms with Gasteiger partial charge in [-0.15, -0.1) is 0 Å². The molecule has 0 heterocycles. The van der Waals surface area contributed by atoms with Crippen molar-refractivity contribution in [2.45, 2.75) is 20.0 Å². The van der Waals surface area contributed by atoms with Crippen LogP contribution in [0, 0.1) is 6.92 Å². The highest BCUT2D eigenvalue weighted by atomic mass is 79.9. The SMILES string of the molecule is Cc1ccccc1CNCc1ccc(O)c(Br)c1. The molecule has 0 spiro atoms. The van der Waals surface area contributed by atoms with Gasteiger partial charge < -0.3 is 10.4 Å². The number of hydrogen-bond acceptors (Lipinski definition) is 2. The summed E-state index contributed by atoms with van der Waals surface area (Å²) in [7, 11) is 0. The Balaban J connectivity index is 1.92. The van der Waals surface area contributed by atoms with Crippen LogP contribution in [0.1, 0.15) is 16.7 Å². The van der Waals surface area contributed by atoms with Crippen LogP contribution in [-0.4, -0.2) is 5.11 Å². The first-order chi connectivity index (χ1) is 8.66. The number of aromatic hydroxyl groups is 1. The van der Waals surface area contributed by atoms with E-state index in [9.17, 15) is 5.11 Å². The largest absolute Gasteiger partial charge is 0.507 e. The minimum Gasteiger partial charge on any atom is -0.507 e. The van der Waals surface area contributed by atoms with E-state index in [0.29, 0.717) is 0 Å². The molecule has 2 aromatic rings. The Morgan fingerprint density at radius 2 is 1.89 bits per heavy atom. The van der Waals surface area contributed by atoms with Gasteiger partial charge in [0, 0.05) is 13.1 Å². The smallest absolute Gasteiger partial charge is 0.129 e. The molecular weight excluding hydrogens is 290 g/mol. The molecule has 0 aliphatic heterocycles. The van der Waals surface area contributed by atoms with Crippen LogP contribution >= 0.6 is 15.9 Å². The first-order valence-corrected chi connectivity index (χ1v) is 6.69. The predicted molar refractivity (Wildman–Crippen MR) is 77.5 cm³/mol. The summed E-state index contributed by atoms with van der Waals surface area (Å²) in [4.78, 5) is 0. The van der Waals surface area contributed by atoms with Crippen LogP contribution in [0.15, 0.2) is 46.9 Å². The topological polar surface area (TPSA) is 32.3 Å². The Kier molecular flexibility index (Phi) is 4.39. The normalized spacial score (nSPS) is 10.6. The van der Waals surface area contributed by atoms with Gasteiger partial charge in [0.15, 0.2) is 0 Å². The molecule has 2 aromatic carbocycles. The van der Waals surface area contributed by atoms with Gasteiger partial charge in [0.2, 0.25) is 0 Å². The number of aryl methyl sites for hydroxylation is 1. The van der Waals surface area contributed by atoms with Crippen molar-refractivity contribution in [3.8, 4) is 5.75 Å². The van der Waals surface area contributed by atoms with Gasteiger partial charge in [-0.25, -0.2) is 0 Å². The first-order valence-electron chi connectivity index (χ1n) is 5.89. The molecule has 2 N–H and O–H groups in total. The van der Waals surface area contributed by atoms with Gasteiger partial charge in [-0.3, -0.25) is 0 Å². The van der Waals surface area contributed by atoms with E-state index in [1.54, 1.807) is 6.07 Å². The Labute approximate surface area is 116 Å². The lowest BCUT2D eigenvalue weighted by molar-refractivity contribution is 0.471. The third-order valence-corrected chi connectivity index (χ3v) is 3.55. The average molecular weight is 306 g/mol. The van der Waals surface area contributed by atoms with Crippen molar-refractivity contribution in [2.75, 3.05) is 0 Å². The maximum Gasteiger partial charge on any atom is 0.129 e. The Morgan fingerprint density at radius 1 is 1.11 bits per heavy atom. The number of rotatable bonds is 4. The zero-order chi connectivity index (χ0) is 13.0. The Morgan fingerprint density at radius 3 is 2.61 bits per heavy atom. The lowest BCUT2D eigenvalue weighted by atomic mass is 10.1. The third kappa shape index (κ3) is 3.34. The van der Waals surface area contributed by atoms with Crippen molar-refractivity contribution in [3.63, 3.8) is 0 Å². The number of benzene rings is 2. The highest BCUT2D eigenvalue weighted by molar-refractivity contribution is 9.10. The van der Waals surface area contributed by atoms with Crippen molar-refractivity contribution in [1.82, 2.24) is 5.32 Å². The van der Waals surface area contributed by atoms with Crippen LogP contribution in [0.5, 0.6) is 5.75 Å². The highest BCUT2D eigenvalue weighted by Crippen LogP contribution is 2.24. The van der Waals surface area contributed by atoms with E-state index in [1.165, 1.54) is 11.1 Å². The summed E-state index contributed by atoms with van der Waals surface area (Å²) in [6.45, 7) is 3.76. The Hall–Kier alpha value is -1.32. The number of halogens is 1. The molecule has 3 heteroatoms. The van der Waals surface area contributed by atoms with Crippen molar-refractivity contribution in [2.24, 2.45) is 0 Å². The molecular formula is C15H16BrNO. The molecule has 0 aliphatic rings. The van der Waals surface area contributed by atoms with Crippen molar-refractivity contribution < 1.29 is 5.11 Å². The maximum atomic E-state index is 9.42. The second-order valence-corrected chi connectivity index (χ2v) is 5.17. The fourth-order valence-corrected chi connectivity index (χ4v) is 2.24. The van der Waals surface area contributed by atoms with Crippen molar-refractivity contribution >= 4 is 15.9 Å². The summed E-state index contributed by atoms with van der Waals surface area (Å²) < 4.78 is 0.734. The van der Waals surface area contributed by atoms with Crippen LogP contribution in [0.4, 0.5) is 0 Å². The van der Waals surface area contributed by atoms with E-state index < -0.39 is 0 Å². The quantitative estimate of drug-likeness (QED) is 0.901. The van der Waals surface area contributed by atoms with Crippen LogP contribution < -0.4 is 5.32 Å². The molecule has 2 rings (SSSR count). The summed E-state index contributed by atoms with van der Waals surface area (Å²) >= 11 is 3.32. The monoisotopic (exact) mass is 305 g/mol. The molecule has 94 valence electrons. The molecule has 0 saturated carbocycles.